The molecule has 6 nitrogen and oxygen atoms in total. The van der Waals surface area contributed by atoms with Gasteiger partial charge in [-0.05, 0) is 42.7 Å². The molecule has 1 amide bonds. The topological polar surface area (TPSA) is 72.9 Å². The molecular formula is C26H33Cl2NO5S. The molecule has 0 saturated carbocycles. The second-order valence-electron chi connectivity index (χ2n) is 8.87. The van der Waals surface area contributed by atoms with Crippen molar-refractivity contribution >= 4 is 38.9 Å². The third-order valence-corrected chi connectivity index (χ3v) is 8.47. The van der Waals surface area contributed by atoms with E-state index in [1.54, 1.807) is 24.1 Å². The van der Waals surface area contributed by atoms with E-state index in [0.29, 0.717) is 30.1 Å². The van der Waals surface area contributed by atoms with Crippen molar-refractivity contribution < 1.29 is 22.7 Å². The number of nitrogens with zero attached hydrogens (tertiary/aromatic N) is 1. The van der Waals surface area contributed by atoms with Crippen molar-refractivity contribution in [1.29, 1.82) is 0 Å². The molecule has 35 heavy (non-hydrogen) atoms. The molecule has 0 N–H and O–H groups in total. The summed E-state index contributed by atoms with van der Waals surface area (Å²) in [5, 5.41) is 0.524. The van der Waals surface area contributed by atoms with Crippen LogP contribution in [0, 0.1) is 0 Å². The lowest BCUT2D eigenvalue weighted by atomic mass is 10.1. The average Bonchev–Trinajstić information content (AvgIpc) is 3.20. The van der Waals surface area contributed by atoms with Gasteiger partial charge in [-0.25, -0.2) is 8.42 Å². The van der Waals surface area contributed by atoms with Gasteiger partial charge in [-0.15, -0.1) is 0 Å². The molecule has 192 valence electrons. The smallest absolute Gasteiger partial charge is 0.254 e. The molecule has 1 atom stereocenters. The maximum atomic E-state index is 13.6. The van der Waals surface area contributed by atoms with Gasteiger partial charge in [-0.2, -0.15) is 0 Å². The number of amides is 1. The first-order chi connectivity index (χ1) is 16.7. The summed E-state index contributed by atoms with van der Waals surface area (Å²) in [7, 11) is -1.60. The minimum Gasteiger partial charge on any atom is -0.497 e. The van der Waals surface area contributed by atoms with Gasteiger partial charge >= 0.3 is 0 Å². The lowest BCUT2D eigenvalue weighted by Crippen LogP contribution is -2.40. The van der Waals surface area contributed by atoms with Gasteiger partial charge in [0.15, 0.2) is 15.6 Å². The summed E-state index contributed by atoms with van der Waals surface area (Å²) in [6.07, 6.45) is 5.91. The van der Waals surface area contributed by atoms with E-state index in [0.717, 1.165) is 24.8 Å². The molecule has 0 aromatic heterocycles. The van der Waals surface area contributed by atoms with Crippen LogP contribution in [0.15, 0.2) is 36.4 Å². The molecule has 3 rings (SSSR count). The largest absolute Gasteiger partial charge is 0.497 e. The predicted octanol–water partition coefficient (Wildman–Crippen LogP) is 6.18. The Morgan fingerprint density at radius 2 is 1.71 bits per heavy atom. The number of unbranched alkanes of at least 4 members (excludes halogenated alkanes) is 4. The number of ether oxygens (including phenoxy) is 2. The fourth-order valence-electron chi connectivity index (χ4n) is 4.18. The zero-order valence-corrected chi connectivity index (χ0v) is 22.6. The maximum absolute atomic E-state index is 13.6. The summed E-state index contributed by atoms with van der Waals surface area (Å²) in [4.78, 5) is 15.2. The zero-order valence-electron chi connectivity index (χ0n) is 20.3. The van der Waals surface area contributed by atoms with E-state index in [4.69, 9.17) is 32.7 Å². The van der Waals surface area contributed by atoms with Crippen molar-refractivity contribution in [1.82, 2.24) is 4.90 Å². The van der Waals surface area contributed by atoms with E-state index in [-0.39, 0.29) is 34.0 Å². The second kappa shape index (κ2) is 12.8. The molecule has 0 bridgehead atoms. The van der Waals surface area contributed by atoms with Crippen LogP contribution in [0.4, 0.5) is 0 Å². The quantitative estimate of drug-likeness (QED) is 0.300. The predicted molar refractivity (Wildman–Crippen MR) is 141 cm³/mol. The Morgan fingerprint density at radius 3 is 2.29 bits per heavy atom. The van der Waals surface area contributed by atoms with Crippen LogP contribution in [-0.2, 0) is 16.4 Å². The van der Waals surface area contributed by atoms with Crippen molar-refractivity contribution in [3.63, 3.8) is 0 Å². The molecule has 0 spiro atoms. The van der Waals surface area contributed by atoms with Crippen molar-refractivity contribution in [3.05, 3.63) is 57.6 Å². The summed E-state index contributed by atoms with van der Waals surface area (Å²) in [5.74, 6) is 0.754. The number of halogens is 2. The molecule has 1 aliphatic heterocycles. The monoisotopic (exact) mass is 541 g/mol. The Kier molecular flexibility index (Phi) is 10.1. The van der Waals surface area contributed by atoms with E-state index >= 15 is 0 Å². The summed E-state index contributed by atoms with van der Waals surface area (Å²) in [6.45, 7) is 2.93. The van der Waals surface area contributed by atoms with Crippen LogP contribution in [0.5, 0.6) is 11.5 Å². The molecule has 0 radical (unpaired) electrons. The SMILES string of the molecule is CCCCCCCOc1c(Cl)cc(C(=O)N(Cc2ccc(OC)cc2)C2CCS(=O)(=O)C2)cc1Cl. The van der Waals surface area contributed by atoms with Gasteiger partial charge in [0.2, 0.25) is 0 Å². The van der Waals surface area contributed by atoms with Crippen LogP contribution >= 0.6 is 23.2 Å². The third kappa shape index (κ3) is 7.76. The summed E-state index contributed by atoms with van der Waals surface area (Å²) < 4.78 is 35.3. The maximum Gasteiger partial charge on any atom is 0.254 e. The molecule has 0 aliphatic carbocycles. The van der Waals surface area contributed by atoms with Gasteiger partial charge in [0.25, 0.3) is 5.91 Å². The number of carbonyl (C=O) groups is 1. The number of sulfone groups is 1. The first-order valence-corrected chi connectivity index (χ1v) is 14.6. The fourth-order valence-corrected chi connectivity index (χ4v) is 6.51. The Bertz CT molecular complexity index is 1080. The van der Waals surface area contributed by atoms with Crippen molar-refractivity contribution in [2.75, 3.05) is 25.2 Å². The van der Waals surface area contributed by atoms with Crippen LogP contribution in [0.3, 0.4) is 0 Å². The minimum absolute atomic E-state index is 0.0599. The lowest BCUT2D eigenvalue weighted by molar-refractivity contribution is 0.0681. The van der Waals surface area contributed by atoms with Crippen LogP contribution < -0.4 is 9.47 Å². The van der Waals surface area contributed by atoms with E-state index in [9.17, 15) is 13.2 Å². The molecule has 2 aromatic rings. The highest BCUT2D eigenvalue weighted by Gasteiger charge is 2.35. The van der Waals surface area contributed by atoms with Gasteiger partial charge in [-0.3, -0.25) is 4.79 Å². The zero-order chi connectivity index (χ0) is 25.4. The minimum atomic E-state index is -3.19. The van der Waals surface area contributed by atoms with Crippen LogP contribution in [0.1, 0.15) is 61.4 Å². The summed E-state index contributed by atoms with van der Waals surface area (Å²) in [5.41, 5.74) is 1.16. The number of hydrogen-bond acceptors (Lipinski definition) is 5. The third-order valence-electron chi connectivity index (χ3n) is 6.16. The standard InChI is InChI=1S/C26H33Cl2NO5S/c1-3-4-5-6-7-13-34-25-23(27)15-20(16-24(25)28)26(30)29(21-12-14-35(31,32)18-21)17-19-8-10-22(33-2)11-9-19/h8-11,15-16,21H,3-7,12-14,17-18H2,1-2H3. The molecule has 1 heterocycles. The Labute approximate surface area is 218 Å². The van der Waals surface area contributed by atoms with Crippen molar-refractivity contribution in [3.8, 4) is 11.5 Å². The number of hydrogen-bond donors (Lipinski definition) is 0. The van der Waals surface area contributed by atoms with E-state index in [1.807, 2.05) is 24.3 Å². The van der Waals surface area contributed by atoms with E-state index in [2.05, 4.69) is 6.92 Å². The van der Waals surface area contributed by atoms with Crippen molar-refractivity contribution in [2.24, 2.45) is 0 Å². The molecule has 1 fully saturated rings. The molecule has 9 heteroatoms. The van der Waals surface area contributed by atoms with E-state index < -0.39 is 15.9 Å². The van der Waals surface area contributed by atoms with Crippen molar-refractivity contribution in [2.45, 2.75) is 58.0 Å². The summed E-state index contributed by atoms with van der Waals surface area (Å²) >= 11 is 12.9. The molecular weight excluding hydrogens is 509 g/mol. The Balaban J connectivity index is 1.78. The van der Waals surface area contributed by atoms with Gasteiger partial charge in [0.05, 0.1) is 35.3 Å². The molecule has 1 aliphatic rings. The number of carbonyl (C=O) groups excluding carboxylic acids is 1. The highest BCUT2D eigenvalue weighted by Crippen LogP contribution is 2.35. The van der Waals surface area contributed by atoms with E-state index in [1.165, 1.54) is 12.8 Å². The van der Waals surface area contributed by atoms with Gasteiger partial charge in [-0.1, -0.05) is 67.9 Å². The molecule has 1 unspecified atom stereocenters. The highest BCUT2D eigenvalue weighted by molar-refractivity contribution is 7.91. The number of rotatable bonds is 12. The van der Waals surface area contributed by atoms with Gasteiger partial charge < -0.3 is 14.4 Å². The Morgan fingerprint density at radius 1 is 1.06 bits per heavy atom. The lowest BCUT2D eigenvalue weighted by Gasteiger charge is -2.29. The van der Waals surface area contributed by atoms with Crippen LogP contribution in [0.25, 0.3) is 0 Å². The average molecular weight is 543 g/mol. The van der Waals surface area contributed by atoms with Gasteiger partial charge in [0.1, 0.15) is 5.75 Å². The molecule has 1 saturated heterocycles. The first-order valence-electron chi connectivity index (χ1n) is 12.0. The number of benzene rings is 2. The Hall–Kier alpha value is -1.96. The highest BCUT2D eigenvalue weighted by atomic mass is 35.5. The molecule has 2 aromatic carbocycles. The summed E-state index contributed by atoms with van der Waals surface area (Å²) in [6, 6.07) is 10.0. The van der Waals surface area contributed by atoms with Crippen LogP contribution in [-0.4, -0.2) is 50.5 Å². The van der Waals surface area contributed by atoms with Crippen LogP contribution in [0.2, 0.25) is 10.0 Å². The first kappa shape index (κ1) is 27.6. The second-order valence-corrected chi connectivity index (χ2v) is 11.9. The number of methoxy groups -OCH3 is 1. The van der Waals surface area contributed by atoms with Gasteiger partial charge in [0, 0.05) is 18.2 Å². The normalized spacial score (nSPS) is 16.7. The fraction of sp³-hybridized carbons (Fsp3) is 0.500.